The van der Waals surface area contributed by atoms with Crippen LogP contribution in [0, 0.1) is 0 Å². The number of benzene rings is 3. The van der Waals surface area contributed by atoms with E-state index in [9.17, 15) is 0 Å². The molecule has 1 heterocycles. The molecule has 0 aliphatic carbocycles. The van der Waals surface area contributed by atoms with Crippen LogP contribution >= 0.6 is 0 Å². The molecular weight excluding hydrogens is 294 g/mol. The summed E-state index contributed by atoms with van der Waals surface area (Å²) >= 11 is 0. The maximum atomic E-state index is 6.58. The highest BCUT2D eigenvalue weighted by Gasteiger charge is 2.39. The Bertz CT molecular complexity index is 786. The first-order valence-corrected chi connectivity index (χ1v) is 8.28. The van der Waals surface area contributed by atoms with E-state index in [-0.39, 0.29) is 0 Å². The highest BCUT2D eigenvalue weighted by Crippen LogP contribution is 2.40. The summed E-state index contributed by atoms with van der Waals surface area (Å²) in [5.74, 6) is 0.717. The normalized spacial score (nSPS) is 16.1. The fourth-order valence-corrected chi connectivity index (χ4v) is 3.28. The van der Waals surface area contributed by atoms with E-state index in [4.69, 9.17) is 4.74 Å². The molecule has 1 aliphatic rings. The van der Waals surface area contributed by atoms with Gasteiger partial charge in [-0.15, -0.1) is 0 Å². The Labute approximate surface area is 142 Å². The molecule has 4 rings (SSSR count). The maximum absolute atomic E-state index is 6.58. The molecule has 0 amide bonds. The molecule has 3 aromatic carbocycles. The molecule has 0 radical (unpaired) electrons. The van der Waals surface area contributed by atoms with Crippen molar-refractivity contribution in [2.75, 3.05) is 6.54 Å². The molecule has 0 aromatic heterocycles. The Morgan fingerprint density at radius 3 is 1.71 bits per heavy atom. The van der Waals surface area contributed by atoms with E-state index in [1.165, 1.54) is 11.1 Å². The van der Waals surface area contributed by atoms with Crippen LogP contribution in [0.1, 0.15) is 23.1 Å². The monoisotopic (exact) mass is 313 g/mol. The zero-order valence-electron chi connectivity index (χ0n) is 13.4. The number of hydrogen-bond donors (Lipinski definition) is 0. The summed E-state index contributed by atoms with van der Waals surface area (Å²) in [5.41, 5.74) is 2.86. The molecule has 2 nitrogen and oxygen atoms in total. The van der Waals surface area contributed by atoms with E-state index in [0.717, 1.165) is 24.4 Å². The minimum absolute atomic E-state index is 0.491. The number of nitrogens with zero attached hydrogens (tertiary/aromatic N) is 1. The van der Waals surface area contributed by atoms with Crippen LogP contribution in [-0.4, -0.2) is 12.4 Å². The molecule has 3 aromatic rings. The lowest BCUT2D eigenvalue weighted by atomic mass is 9.82. The van der Waals surface area contributed by atoms with E-state index >= 15 is 0 Å². The summed E-state index contributed by atoms with van der Waals surface area (Å²) in [6.45, 7) is 0.744. The van der Waals surface area contributed by atoms with E-state index < -0.39 is 5.60 Å². The van der Waals surface area contributed by atoms with Gasteiger partial charge < -0.3 is 4.74 Å². The molecular formula is C22H19NO. The van der Waals surface area contributed by atoms with Gasteiger partial charge in [0.05, 0.1) is 0 Å². The lowest BCUT2D eigenvalue weighted by Gasteiger charge is -2.38. The molecule has 0 saturated heterocycles. The summed E-state index contributed by atoms with van der Waals surface area (Å²) in [4.78, 5) is 4.64. The van der Waals surface area contributed by atoms with Gasteiger partial charge in [0.2, 0.25) is 5.90 Å². The summed E-state index contributed by atoms with van der Waals surface area (Å²) in [7, 11) is 0. The summed E-state index contributed by atoms with van der Waals surface area (Å²) in [5, 5.41) is 0. The van der Waals surface area contributed by atoms with Crippen LogP contribution in [0.3, 0.4) is 0 Å². The van der Waals surface area contributed by atoms with Crippen molar-refractivity contribution in [1.29, 1.82) is 0 Å². The zero-order valence-corrected chi connectivity index (χ0v) is 13.4. The van der Waals surface area contributed by atoms with Gasteiger partial charge in [-0.3, -0.25) is 4.99 Å². The van der Waals surface area contributed by atoms with Gasteiger partial charge in [-0.1, -0.05) is 78.9 Å². The van der Waals surface area contributed by atoms with Crippen LogP contribution in [-0.2, 0) is 10.3 Å². The maximum Gasteiger partial charge on any atom is 0.217 e. The lowest BCUT2D eigenvalue weighted by molar-refractivity contribution is 0.0777. The van der Waals surface area contributed by atoms with Crippen molar-refractivity contribution in [3.05, 3.63) is 108 Å². The third-order valence-corrected chi connectivity index (χ3v) is 4.49. The minimum Gasteiger partial charge on any atom is -0.461 e. The van der Waals surface area contributed by atoms with Crippen LogP contribution in [0.4, 0.5) is 0 Å². The first kappa shape index (κ1) is 14.7. The topological polar surface area (TPSA) is 21.6 Å². The zero-order chi connectivity index (χ0) is 16.2. The smallest absolute Gasteiger partial charge is 0.217 e. The van der Waals surface area contributed by atoms with Crippen molar-refractivity contribution < 1.29 is 4.74 Å². The molecule has 0 fully saturated rings. The average Bonchev–Trinajstić information content (AvgIpc) is 2.70. The van der Waals surface area contributed by atoms with Gasteiger partial charge in [0, 0.05) is 29.7 Å². The predicted molar refractivity (Wildman–Crippen MR) is 97.2 cm³/mol. The first-order valence-electron chi connectivity index (χ1n) is 8.28. The molecule has 2 heteroatoms. The largest absolute Gasteiger partial charge is 0.461 e. The van der Waals surface area contributed by atoms with Gasteiger partial charge in [-0.05, 0) is 12.1 Å². The fraction of sp³-hybridized carbons (Fsp3) is 0.136. The van der Waals surface area contributed by atoms with Crippen molar-refractivity contribution >= 4 is 5.90 Å². The number of ether oxygens (including phenoxy) is 1. The van der Waals surface area contributed by atoms with Crippen LogP contribution in [0.5, 0.6) is 0 Å². The molecule has 0 spiro atoms. The number of aliphatic imine (C=N–C) groups is 1. The first-order chi connectivity index (χ1) is 11.9. The third-order valence-electron chi connectivity index (χ3n) is 4.49. The van der Waals surface area contributed by atoms with Crippen LogP contribution in [0.2, 0.25) is 0 Å². The molecule has 0 atom stereocenters. The van der Waals surface area contributed by atoms with Crippen LogP contribution in [0.25, 0.3) is 0 Å². The molecule has 1 aliphatic heterocycles. The fourth-order valence-electron chi connectivity index (χ4n) is 3.28. The predicted octanol–water partition coefficient (Wildman–Crippen LogP) is 4.80. The Kier molecular flexibility index (Phi) is 3.87. The molecule has 24 heavy (non-hydrogen) atoms. The number of rotatable bonds is 3. The van der Waals surface area contributed by atoms with Gasteiger partial charge in [-0.2, -0.15) is 0 Å². The SMILES string of the molecule is c1ccc(C2=NCCC(c3ccccc3)(c3ccccc3)O2)cc1. The van der Waals surface area contributed by atoms with Gasteiger partial charge in [0.25, 0.3) is 0 Å². The molecule has 0 bridgehead atoms. The van der Waals surface area contributed by atoms with Gasteiger partial charge in [-0.25, -0.2) is 0 Å². The Morgan fingerprint density at radius 2 is 1.17 bits per heavy atom. The molecule has 118 valence electrons. The Balaban J connectivity index is 1.82. The van der Waals surface area contributed by atoms with E-state index in [0.29, 0.717) is 0 Å². The van der Waals surface area contributed by atoms with E-state index in [1.807, 2.05) is 42.5 Å². The summed E-state index contributed by atoms with van der Waals surface area (Å²) < 4.78 is 6.58. The van der Waals surface area contributed by atoms with Crippen molar-refractivity contribution in [2.45, 2.75) is 12.0 Å². The highest BCUT2D eigenvalue weighted by atomic mass is 16.5. The second-order valence-corrected chi connectivity index (χ2v) is 5.96. The van der Waals surface area contributed by atoms with Gasteiger partial charge >= 0.3 is 0 Å². The van der Waals surface area contributed by atoms with Crippen LogP contribution < -0.4 is 0 Å². The van der Waals surface area contributed by atoms with Crippen molar-refractivity contribution in [2.24, 2.45) is 4.99 Å². The van der Waals surface area contributed by atoms with Crippen molar-refractivity contribution in [1.82, 2.24) is 0 Å². The van der Waals surface area contributed by atoms with Crippen molar-refractivity contribution in [3.8, 4) is 0 Å². The minimum atomic E-state index is -0.491. The van der Waals surface area contributed by atoms with Crippen LogP contribution in [0.15, 0.2) is 96.0 Å². The average molecular weight is 313 g/mol. The Hall–Kier alpha value is -2.87. The molecule has 0 unspecified atom stereocenters. The quantitative estimate of drug-likeness (QED) is 0.681. The summed E-state index contributed by atoms with van der Waals surface area (Å²) in [6, 6.07) is 31.0. The summed E-state index contributed by atoms with van der Waals surface area (Å²) in [6.07, 6.45) is 0.831. The number of hydrogen-bond acceptors (Lipinski definition) is 2. The lowest BCUT2D eigenvalue weighted by Crippen LogP contribution is -2.38. The molecule has 0 saturated carbocycles. The second kappa shape index (κ2) is 6.32. The van der Waals surface area contributed by atoms with Gasteiger partial charge in [0.15, 0.2) is 5.60 Å². The molecule has 0 N–H and O–H groups in total. The van der Waals surface area contributed by atoms with E-state index in [2.05, 4.69) is 53.5 Å². The third kappa shape index (κ3) is 2.61. The van der Waals surface area contributed by atoms with Crippen molar-refractivity contribution in [3.63, 3.8) is 0 Å². The standard InChI is InChI=1S/C22H19NO/c1-4-10-18(11-5-1)21-23-17-16-22(24-21,19-12-6-2-7-13-19)20-14-8-3-9-15-20/h1-15H,16-17H2. The highest BCUT2D eigenvalue weighted by molar-refractivity contribution is 5.95. The Morgan fingerprint density at radius 1 is 0.667 bits per heavy atom. The van der Waals surface area contributed by atoms with E-state index in [1.54, 1.807) is 0 Å². The van der Waals surface area contributed by atoms with Gasteiger partial charge in [0.1, 0.15) is 0 Å². The second-order valence-electron chi connectivity index (χ2n) is 5.96.